The summed E-state index contributed by atoms with van der Waals surface area (Å²) in [5.41, 5.74) is 1.12. The Bertz CT molecular complexity index is 377. The first-order valence-corrected chi connectivity index (χ1v) is 6.04. The van der Waals surface area contributed by atoms with Crippen LogP contribution in [0.15, 0.2) is 12.3 Å². The second kappa shape index (κ2) is 5.72. The van der Waals surface area contributed by atoms with Gasteiger partial charge in [-0.3, -0.25) is 4.68 Å². The van der Waals surface area contributed by atoms with E-state index in [1.807, 2.05) is 6.92 Å². The summed E-state index contributed by atoms with van der Waals surface area (Å²) in [7, 11) is 0. The molecule has 1 aliphatic rings. The average molecular weight is 217 g/mol. The van der Waals surface area contributed by atoms with Gasteiger partial charge in [-0.2, -0.15) is 5.10 Å². The summed E-state index contributed by atoms with van der Waals surface area (Å²) in [6, 6.07) is 2.74. The highest BCUT2D eigenvalue weighted by atomic mass is 15.3. The third kappa shape index (κ3) is 2.86. The van der Waals surface area contributed by atoms with Crippen LogP contribution in [-0.2, 0) is 6.54 Å². The zero-order valence-electron chi connectivity index (χ0n) is 9.87. The van der Waals surface area contributed by atoms with E-state index >= 15 is 0 Å². The van der Waals surface area contributed by atoms with E-state index < -0.39 is 0 Å². The van der Waals surface area contributed by atoms with E-state index in [-0.39, 0.29) is 0 Å². The van der Waals surface area contributed by atoms with Crippen LogP contribution in [-0.4, -0.2) is 16.3 Å². The van der Waals surface area contributed by atoms with Crippen molar-refractivity contribution in [2.45, 2.75) is 45.2 Å². The molecule has 0 aliphatic heterocycles. The van der Waals surface area contributed by atoms with E-state index in [9.17, 15) is 0 Å². The molecule has 1 aromatic heterocycles. The van der Waals surface area contributed by atoms with E-state index in [2.05, 4.69) is 39.2 Å². The molecule has 0 bridgehead atoms. The van der Waals surface area contributed by atoms with Crippen LogP contribution in [0.5, 0.6) is 0 Å². The smallest absolute Gasteiger partial charge is 0.0762 e. The van der Waals surface area contributed by atoms with Gasteiger partial charge in [-0.1, -0.05) is 18.8 Å². The molecule has 0 atom stereocenters. The molecule has 0 aromatic carbocycles. The maximum Gasteiger partial charge on any atom is 0.0762 e. The summed E-state index contributed by atoms with van der Waals surface area (Å²) < 4.78 is 2.13. The lowest BCUT2D eigenvalue weighted by atomic mass is 10.3. The predicted octanol–water partition coefficient (Wildman–Crippen LogP) is 2.11. The Morgan fingerprint density at radius 1 is 1.50 bits per heavy atom. The number of nitrogens with zero attached hydrogens (tertiary/aromatic N) is 2. The Balaban J connectivity index is 1.83. The molecule has 3 heteroatoms. The molecule has 0 spiro atoms. The highest BCUT2D eigenvalue weighted by Gasteiger charge is 2.17. The second-order valence-electron chi connectivity index (χ2n) is 4.26. The molecule has 1 aliphatic carbocycles. The molecular formula is C13H19N3. The summed E-state index contributed by atoms with van der Waals surface area (Å²) in [5, 5.41) is 7.85. The quantitative estimate of drug-likeness (QED) is 0.618. The van der Waals surface area contributed by atoms with Gasteiger partial charge in [-0.15, -0.1) is 5.92 Å². The third-order valence-electron chi connectivity index (χ3n) is 3.06. The molecule has 0 saturated heterocycles. The SMILES string of the molecule is CC#CCNCc1ccn(C2CCCC2)n1. The Morgan fingerprint density at radius 2 is 2.31 bits per heavy atom. The topological polar surface area (TPSA) is 29.9 Å². The van der Waals surface area contributed by atoms with Crippen LogP contribution in [0.25, 0.3) is 0 Å². The highest BCUT2D eigenvalue weighted by molar-refractivity contribution is 5.02. The van der Waals surface area contributed by atoms with Crippen LogP contribution in [0, 0.1) is 11.8 Å². The maximum atomic E-state index is 4.60. The van der Waals surface area contributed by atoms with E-state index in [1.54, 1.807) is 0 Å². The predicted molar refractivity (Wildman–Crippen MR) is 64.9 cm³/mol. The molecule has 1 aromatic rings. The molecule has 16 heavy (non-hydrogen) atoms. The average Bonchev–Trinajstić information content (AvgIpc) is 2.94. The van der Waals surface area contributed by atoms with Gasteiger partial charge in [-0.25, -0.2) is 0 Å². The zero-order valence-corrected chi connectivity index (χ0v) is 9.87. The lowest BCUT2D eigenvalue weighted by molar-refractivity contribution is 0.461. The molecule has 2 rings (SSSR count). The number of nitrogens with one attached hydrogen (secondary N) is 1. The first-order chi connectivity index (χ1) is 7.90. The van der Waals surface area contributed by atoms with E-state index in [4.69, 9.17) is 0 Å². The Kier molecular flexibility index (Phi) is 4.01. The Morgan fingerprint density at radius 3 is 3.06 bits per heavy atom. The van der Waals surface area contributed by atoms with Crippen molar-refractivity contribution in [3.05, 3.63) is 18.0 Å². The second-order valence-corrected chi connectivity index (χ2v) is 4.26. The molecule has 1 fully saturated rings. The first kappa shape index (κ1) is 11.2. The maximum absolute atomic E-state index is 4.60. The van der Waals surface area contributed by atoms with Crippen molar-refractivity contribution in [1.82, 2.24) is 15.1 Å². The standard InChI is InChI=1S/C13H19N3/c1-2-3-9-14-11-12-8-10-16(15-12)13-6-4-5-7-13/h8,10,13-14H,4-7,9,11H2,1H3. The normalized spacial score (nSPS) is 16.1. The van der Waals surface area contributed by atoms with Crippen LogP contribution >= 0.6 is 0 Å². The van der Waals surface area contributed by atoms with E-state index in [0.717, 1.165) is 18.8 Å². The minimum absolute atomic E-state index is 0.643. The molecule has 0 amide bonds. The molecule has 0 unspecified atom stereocenters. The van der Waals surface area contributed by atoms with Crippen molar-refractivity contribution in [3.8, 4) is 11.8 Å². The van der Waals surface area contributed by atoms with Gasteiger partial charge >= 0.3 is 0 Å². The van der Waals surface area contributed by atoms with Crippen LogP contribution in [0.4, 0.5) is 0 Å². The third-order valence-corrected chi connectivity index (χ3v) is 3.06. The van der Waals surface area contributed by atoms with Crippen molar-refractivity contribution < 1.29 is 0 Å². The summed E-state index contributed by atoms with van der Waals surface area (Å²) in [6.45, 7) is 3.41. The fourth-order valence-corrected chi connectivity index (χ4v) is 2.19. The fraction of sp³-hybridized carbons (Fsp3) is 0.615. The van der Waals surface area contributed by atoms with Gasteiger partial charge in [0.25, 0.3) is 0 Å². The summed E-state index contributed by atoms with van der Waals surface area (Å²) >= 11 is 0. The van der Waals surface area contributed by atoms with Gasteiger partial charge in [0.2, 0.25) is 0 Å². The minimum atomic E-state index is 0.643. The van der Waals surface area contributed by atoms with Crippen molar-refractivity contribution in [3.63, 3.8) is 0 Å². The number of rotatable bonds is 4. The lowest BCUT2D eigenvalue weighted by Crippen LogP contribution is -2.14. The zero-order chi connectivity index (χ0) is 11.2. The van der Waals surface area contributed by atoms with Gasteiger partial charge in [0.1, 0.15) is 0 Å². The molecule has 86 valence electrons. The molecule has 0 radical (unpaired) electrons. The minimum Gasteiger partial charge on any atom is -0.300 e. The molecular weight excluding hydrogens is 198 g/mol. The summed E-state index contributed by atoms with van der Waals surface area (Å²) in [4.78, 5) is 0. The molecule has 1 heterocycles. The number of aromatic nitrogens is 2. The van der Waals surface area contributed by atoms with Gasteiger partial charge in [-0.05, 0) is 25.8 Å². The number of hydrogen-bond acceptors (Lipinski definition) is 2. The Labute approximate surface area is 97.2 Å². The molecule has 1 saturated carbocycles. The van der Waals surface area contributed by atoms with Gasteiger partial charge in [0, 0.05) is 12.7 Å². The van der Waals surface area contributed by atoms with E-state index in [0.29, 0.717) is 6.04 Å². The molecule has 3 nitrogen and oxygen atoms in total. The van der Waals surface area contributed by atoms with Crippen molar-refractivity contribution >= 4 is 0 Å². The van der Waals surface area contributed by atoms with Gasteiger partial charge in [0.05, 0.1) is 18.3 Å². The van der Waals surface area contributed by atoms with Crippen LogP contribution < -0.4 is 5.32 Å². The molecule has 1 N–H and O–H groups in total. The van der Waals surface area contributed by atoms with Gasteiger partial charge < -0.3 is 5.32 Å². The first-order valence-electron chi connectivity index (χ1n) is 6.04. The van der Waals surface area contributed by atoms with Crippen molar-refractivity contribution in [2.75, 3.05) is 6.54 Å². The monoisotopic (exact) mass is 217 g/mol. The van der Waals surface area contributed by atoms with E-state index in [1.165, 1.54) is 25.7 Å². The van der Waals surface area contributed by atoms with Crippen molar-refractivity contribution in [1.29, 1.82) is 0 Å². The largest absolute Gasteiger partial charge is 0.300 e. The lowest BCUT2D eigenvalue weighted by Gasteiger charge is -2.08. The van der Waals surface area contributed by atoms with Crippen LogP contribution in [0.3, 0.4) is 0 Å². The summed E-state index contributed by atoms with van der Waals surface area (Å²) in [5.74, 6) is 5.85. The fourth-order valence-electron chi connectivity index (χ4n) is 2.19. The van der Waals surface area contributed by atoms with Crippen LogP contribution in [0.2, 0.25) is 0 Å². The summed E-state index contributed by atoms with van der Waals surface area (Å²) in [6.07, 6.45) is 7.39. The van der Waals surface area contributed by atoms with Crippen molar-refractivity contribution in [2.24, 2.45) is 0 Å². The Hall–Kier alpha value is -1.27. The van der Waals surface area contributed by atoms with Crippen LogP contribution in [0.1, 0.15) is 44.3 Å². The number of hydrogen-bond donors (Lipinski definition) is 1. The van der Waals surface area contributed by atoms with Gasteiger partial charge in [0.15, 0.2) is 0 Å². The highest BCUT2D eigenvalue weighted by Crippen LogP contribution is 2.28.